The maximum atomic E-state index is 5.70. The third-order valence-corrected chi connectivity index (χ3v) is 3.31. The first-order valence-electron chi connectivity index (χ1n) is 4.86. The Hall–Kier alpha value is -1.28. The third-order valence-electron chi connectivity index (χ3n) is 2.65. The molecule has 0 saturated carbocycles. The molecule has 0 radical (unpaired) electrons. The molecule has 3 rings (SSSR count). The summed E-state index contributed by atoms with van der Waals surface area (Å²) >= 11 is 3.57. The van der Waals surface area contributed by atoms with Crippen molar-refractivity contribution in [2.24, 2.45) is 0 Å². The molecule has 0 bridgehead atoms. The molecule has 0 aliphatic carbocycles. The molecule has 0 N–H and O–H groups in total. The normalized spacial score (nSPS) is 12.6. The Morgan fingerprint density at radius 3 is 2.80 bits per heavy atom. The van der Waals surface area contributed by atoms with Gasteiger partial charge in [0.15, 0.2) is 0 Å². The lowest BCUT2D eigenvalue weighted by atomic mass is 9.97. The van der Waals surface area contributed by atoms with Crippen molar-refractivity contribution in [1.82, 2.24) is 0 Å². The molecule has 1 aliphatic rings. The fourth-order valence-electron chi connectivity index (χ4n) is 1.93. The topological polar surface area (TPSA) is 9.23 Å². The number of fused-ring (bicyclic) bond motifs is 3. The zero-order chi connectivity index (χ0) is 10.3. The second-order valence-electron chi connectivity index (χ2n) is 3.56. The first kappa shape index (κ1) is 8.98. The highest BCUT2D eigenvalue weighted by Gasteiger charge is 2.18. The van der Waals surface area contributed by atoms with Crippen LogP contribution in [-0.4, -0.2) is 0 Å². The minimum Gasteiger partial charge on any atom is -0.488 e. The van der Waals surface area contributed by atoms with Gasteiger partial charge in [0.1, 0.15) is 12.4 Å². The molecule has 1 aliphatic heterocycles. The molecule has 0 aromatic heterocycles. The molecule has 2 aromatic carbocycles. The number of rotatable bonds is 0. The number of hydrogen-bond acceptors (Lipinski definition) is 1. The van der Waals surface area contributed by atoms with Crippen molar-refractivity contribution in [1.29, 1.82) is 0 Å². The highest BCUT2D eigenvalue weighted by Crippen LogP contribution is 2.41. The van der Waals surface area contributed by atoms with Gasteiger partial charge < -0.3 is 4.74 Å². The average Bonchev–Trinajstić information content (AvgIpc) is 2.29. The van der Waals surface area contributed by atoms with E-state index in [1.54, 1.807) is 0 Å². The summed E-state index contributed by atoms with van der Waals surface area (Å²) in [5, 5.41) is 0. The molecular weight excluding hydrogens is 252 g/mol. The Kier molecular flexibility index (Phi) is 2.03. The van der Waals surface area contributed by atoms with Crippen molar-refractivity contribution in [3.05, 3.63) is 52.5 Å². The van der Waals surface area contributed by atoms with Gasteiger partial charge in [-0.15, -0.1) is 0 Å². The van der Waals surface area contributed by atoms with Crippen LogP contribution in [0, 0.1) is 0 Å². The van der Waals surface area contributed by atoms with E-state index in [9.17, 15) is 0 Å². The van der Waals surface area contributed by atoms with Crippen LogP contribution in [0.15, 0.2) is 46.9 Å². The molecule has 0 spiro atoms. The van der Waals surface area contributed by atoms with Crippen molar-refractivity contribution < 1.29 is 4.74 Å². The van der Waals surface area contributed by atoms with Gasteiger partial charge in [0.2, 0.25) is 0 Å². The van der Waals surface area contributed by atoms with E-state index in [1.807, 2.05) is 24.3 Å². The Bertz CT molecular complexity index is 520. The van der Waals surface area contributed by atoms with Crippen molar-refractivity contribution in [2.45, 2.75) is 6.61 Å². The number of benzene rings is 2. The summed E-state index contributed by atoms with van der Waals surface area (Å²) in [6, 6.07) is 14.4. The van der Waals surface area contributed by atoms with Crippen LogP contribution in [0.5, 0.6) is 5.75 Å². The van der Waals surface area contributed by atoms with Crippen molar-refractivity contribution in [2.75, 3.05) is 0 Å². The lowest BCUT2D eigenvalue weighted by molar-refractivity contribution is 0.302. The largest absolute Gasteiger partial charge is 0.488 e. The van der Waals surface area contributed by atoms with Crippen LogP contribution in [0.25, 0.3) is 11.1 Å². The maximum Gasteiger partial charge on any atom is 0.128 e. The molecule has 0 unspecified atom stereocenters. The molecular formula is C13H9BrO. The first-order chi connectivity index (χ1) is 7.36. The van der Waals surface area contributed by atoms with E-state index < -0.39 is 0 Å². The van der Waals surface area contributed by atoms with Crippen LogP contribution in [0.4, 0.5) is 0 Å². The standard InChI is InChI=1S/C13H9BrO/c14-11-6-3-7-12-13(11)10-5-2-1-4-9(10)8-15-12/h1-7H,8H2. The van der Waals surface area contributed by atoms with Gasteiger partial charge in [-0.05, 0) is 23.3 Å². The lowest BCUT2D eigenvalue weighted by Gasteiger charge is -2.21. The van der Waals surface area contributed by atoms with Gasteiger partial charge in [0.25, 0.3) is 0 Å². The fourth-order valence-corrected chi connectivity index (χ4v) is 2.49. The summed E-state index contributed by atoms with van der Waals surface area (Å²) in [4.78, 5) is 0. The smallest absolute Gasteiger partial charge is 0.128 e. The summed E-state index contributed by atoms with van der Waals surface area (Å²) < 4.78 is 6.79. The predicted molar refractivity (Wildman–Crippen MR) is 63.9 cm³/mol. The third kappa shape index (κ3) is 1.37. The number of hydrogen-bond donors (Lipinski definition) is 0. The van der Waals surface area contributed by atoms with E-state index >= 15 is 0 Å². The predicted octanol–water partition coefficient (Wildman–Crippen LogP) is 4.01. The first-order valence-corrected chi connectivity index (χ1v) is 5.65. The second kappa shape index (κ2) is 3.38. The fraction of sp³-hybridized carbons (Fsp3) is 0.0769. The average molecular weight is 261 g/mol. The number of ether oxygens (including phenoxy) is 1. The van der Waals surface area contributed by atoms with Gasteiger partial charge in [-0.25, -0.2) is 0 Å². The van der Waals surface area contributed by atoms with Crippen LogP contribution >= 0.6 is 15.9 Å². The van der Waals surface area contributed by atoms with Crippen LogP contribution < -0.4 is 4.74 Å². The molecule has 2 heteroatoms. The van der Waals surface area contributed by atoms with Crippen LogP contribution in [0.2, 0.25) is 0 Å². The van der Waals surface area contributed by atoms with Gasteiger partial charge in [0, 0.05) is 10.0 Å². The molecule has 0 atom stereocenters. The van der Waals surface area contributed by atoms with Crippen molar-refractivity contribution in [3.63, 3.8) is 0 Å². The van der Waals surface area contributed by atoms with Crippen LogP contribution in [0.3, 0.4) is 0 Å². The van der Waals surface area contributed by atoms with Crippen LogP contribution in [-0.2, 0) is 6.61 Å². The quantitative estimate of drug-likeness (QED) is 0.696. The van der Waals surface area contributed by atoms with Gasteiger partial charge in [-0.2, -0.15) is 0 Å². The van der Waals surface area contributed by atoms with Crippen molar-refractivity contribution >= 4 is 15.9 Å². The van der Waals surface area contributed by atoms with Gasteiger partial charge in [0.05, 0.1) is 0 Å². The molecule has 15 heavy (non-hydrogen) atoms. The van der Waals surface area contributed by atoms with Gasteiger partial charge in [-0.3, -0.25) is 0 Å². The maximum absolute atomic E-state index is 5.70. The summed E-state index contributed by atoms with van der Waals surface area (Å²) in [6.07, 6.45) is 0. The lowest BCUT2D eigenvalue weighted by Crippen LogP contribution is -2.05. The van der Waals surface area contributed by atoms with Gasteiger partial charge >= 0.3 is 0 Å². The highest BCUT2D eigenvalue weighted by molar-refractivity contribution is 9.10. The molecule has 1 nitrogen and oxygen atoms in total. The Balaban J connectivity index is 2.33. The minimum absolute atomic E-state index is 0.666. The highest BCUT2D eigenvalue weighted by atomic mass is 79.9. The number of halogens is 1. The van der Waals surface area contributed by atoms with E-state index in [1.165, 1.54) is 16.7 Å². The van der Waals surface area contributed by atoms with E-state index in [0.717, 1.165) is 10.2 Å². The molecule has 1 heterocycles. The van der Waals surface area contributed by atoms with E-state index in [0.29, 0.717) is 6.61 Å². The zero-order valence-corrected chi connectivity index (χ0v) is 9.62. The zero-order valence-electron chi connectivity index (χ0n) is 8.03. The summed E-state index contributed by atoms with van der Waals surface area (Å²) in [6.45, 7) is 0.666. The van der Waals surface area contributed by atoms with E-state index in [4.69, 9.17) is 4.74 Å². The van der Waals surface area contributed by atoms with Gasteiger partial charge in [-0.1, -0.05) is 46.3 Å². The molecule has 2 aromatic rings. The minimum atomic E-state index is 0.666. The van der Waals surface area contributed by atoms with E-state index in [-0.39, 0.29) is 0 Å². The second-order valence-corrected chi connectivity index (χ2v) is 4.41. The molecule has 0 saturated heterocycles. The Labute approximate surface area is 96.8 Å². The monoisotopic (exact) mass is 260 g/mol. The Morgan fingerprint density at radius 1 is 1.00 bits per heavy atom. The Morgan fingerprint density at radius 2 is 1.87 bits per heavy atom. The summed E-state index contributed by atoms with van der Waals surface area (Å²) in [5.41, 5.74) is 3.68. The molecule has 0 amide bonds. The molecule has 0 fully saturated rings. The van der Waals surface area contributed by atoms with Crippen molar-refractivity contribution in [3.8, 4) is 16.9 Å². The summed E-state index contributed by atoms with van der Waals surface area (Å²) in [7, 11) is 0. The summed E-state index contributed by atoms with van der Waals surface area (Å²) in [5.74, 6) is 0.961. The van der Waals surface area contributed by atoms with E-state index in [2.05, 4.69) is 34.1 Å². The molecule has 74 valence electrons. The van der Waals surface area contributed by atoms with Crippen LogP contribution in [0.1, 0.15) is 5.56 Å². The SMILES string of the molecule is Brc1cccc2c1-c1ccccc1CO2.